The highest BCUT2D eigenvalue weighted by Crippen LogP contribution is 2.12. The highest BCUT2D eigenvalue weighted by Gasteiger charge is 2.20. The lowest BCUT2D eigenvalue weighted by Crippen LogP contribution is -2.40. The molecule has 1 amide bonds. The fourth-order valence-corrected chi connectivity index (χ4v) is 2.41. The number of carbonyl (C=O) groups excluding carboxylic acids is 1. The Morgan fingerprint density at radius 1 is 1.45 bits per heavy atom. The normalized spacial score (nSPS) is 12.4. The van der Waals surface area contributed by atoms with Crippen LogP contribution in [0.1, 0.15) is 24.5 Å². The smallest absolute Gasteiger partial charge is 0.320 e. The maximum Gasteiger partial charge on any atom is 0.320 e. The summed E-state index contributed by atoms with van der Waals surface area (Å²) in [6, 6.07) is -0.594. The van der Waals surface area contributed by atoms with Crippen LogP contribution in [-0.2, 0) is 22.6 Å². The summed E-state index contributed by atoms with van der Waals surface area (Å²) in [4.78, 5) is 28.5. The van der Waals surface area contributed by atoms with Gasteiger partial charge in [-0.1, -0.05) is 13.8 Å². The molecule has 1 aromatic rings. The number of aliphatic carboxylic acids is 1. The molecule has 112 valence electrons. The maximum atomic E-state index is 11.6. The highest BCUT2D eigenvalue weighted by atomic mass is 32.1. The molecule has 2 N–H and O–H groups in total. The van der Waals surface area contributed by atoms with Gasteiger partial charge in [0.25, 0.3) is 0 Å². The number of amides is 1. The van der Waals surface area contributed by atoms with Gasteiger partial charge in [0, 0.05) is 26.0 Å². The molecule has 6 nitrogen and oxygen atoms in total. The average molecular weight is 299 g/mol. The number of hydrogen-bond acceptors (Lipinski definition) is 5. The molecule has 0 saturated heterocycles. The van der Waals surface area contributed by atoms with Gasteiger partial charge in [0.05, 0.1) is 12.1 Å². The molecule has 1 atom stereocenters. The van der Waals surface area contributed by atoms with Crippen molar-refractivity contribution in [3.05, 3.63) is 16.1 Å². The molecule has 0 spiro atoms. The van der Waals surface area contributed by atoms with Crippen molar-refractivity contribution in [3.63, 3.8) is 0 Å². The van der Waals surface area contributed by atoms with Crippen LogP contribution >= 0.6 is 11.3 Å². The number of rotatable bonds is 7. The third-order valence-corrected chi connectivity index (χ3v) is 3.73. The lowest BCUT2D eigenvalue weighted by atomic mass is 10.1. The molecule has 1 heterocycles. The van der Waals surface area contributed by atoms with Crippen molar-refractivity contribution in [1.82, 2.24) is 15.2 Å². The van der Waals surface area contributed by atoms with Crippen LogP contribution in [0.5, 0.6) is 0 Å². The maximum absolute atomic E-state index is 11.6. The first-order valence-electron chi connectivity index (χ1n) is 6.41. The molecule has 0 bridgehead atoms. The van der Waals surface area contributed by atoms with Crippen LogP contribution in [0.25, 0.3) is 0 Å². The third-order valence-electron chi connectivity index (χ3n) is 2.84. The van der Waals surface area contributed by atoms with Crippen molar-refractivity contribution >= 4 is 23.2 Å². The van der Waals surface area contributed by atoms with Gasteiger partial charge in [-0.25, -0.2) is 4.98 Å². The second kappa shape index (κ2) is 7.35. The second-order valence-electron chi connectivity index (χ2n) is 5.14. The first kappa shape index (κ1) is 16.6. The zero-order chi connectivity index (χ0) is 15.3. The summed E-state index contributed by atoms with van der Waals surface area (Å²) in [7, 11) is 3.41. The molecule has 0 aliphatic heterocycles. The molecule has 0 radical (unpaired) electrons. The van der Waals surface area contributed by atoms with Gasteiger partial charge in [0.2, 0.25) is 5.91 Å². The summed E-state index contributed by atoms with van der Waals surface area (Å²) in [5, 5.41) is 14.6. The number of carbonyl (C=O) groups is 2. The number of aromatic nitrogens is 1. The van der Waals surface area contributed by atoms with E-state index < -0.39 is 12.0 Å². The zero-order valence-electron chi connectivity index (χ0n) is 12.2. The van der Waals surface area contributed by atoms with Crippen LogP contribution in [0.2, 0.25) is 0 Å². The minimum atomic E-state index is -0.863. The number of nitrogens with zero attached hydrogens (tertiary/aromatic N) is 2. The first-order valence-corrected chi connectivity index (χ1v) is 7.28. The van der Waals surface area contributed by atoms with Gasteiger partial charge in [0.15, 0.2) is 0 Å². The standard InChI is InChI=1S/C13H21N3O3S/c1-8(2)12(13(18)19)14-6-9-7-20-10(15-9)5-11(17)16(3)4/h7-8,12,14H,5-6H2,1-4H3,(H,18,19). The average Bonchev–Trinajstić information content (AvgIpc) is 2.75. The van der Waals surface area contributed by atoms with Gasteiger partial charge in [-0.15, -0.1) is 11.3 Å². The summed E-state index contributed by atoms with van der Waals surface area (Å²) in [6.07, 6.45) is 0.282. The van der Waals surface area contributed by atoms with Crippen molar-refractivity contribution < 1.29 is 14.7 Å². The van der Waals surface area contributed by atoms with Crippen LogP contribution in [0.15, 0.2) is 5.38 Å². The van der Waals surface area contributed by atoms with Crippen LogP contribution in [-0.4, -0.2) is 47.0 Å². The molecule has 7 heteroatoms. The summed E-state index contributed by atoms with van der Waals surface area (Å²) < 4.78 is 0. The second-order valence-corrected chi connectivity index (χ2v) is 6.08. The molecule has 0 aliphatic rings. The van der Waals surface area contributed by atoms with Crippen molar-refractivity contribution in [2.24, 2.45) is 5.92 Å². The summed E-state index contributed by atoms with van der Waals surface area (Å²) in [5.74, 6) is -0.858. The van der Waals surface area contributed by atoms with E-state index in [4.69, 9.17) is 5.11 Å². The Morgan fingerprint density at radius 2 is 2.10 bits per heavy atom. The predicted octanol–water partition coefficient (Wildman–Crippen LogP) is 0.973. The highest BCUT2D eigenvalue weighted by molar-refractivity contribution is 7.09. The SMILES string of the molecule is CC(C)C(NCc1csc(CC(=O)N(C)C)n1)C(=O)O. The van der Waals surface area contributed by atoms with Crippen molar-refractivity contribution in [2.45, 2.75) is 32.9 Å². The lowest BCUT2D eigenvalue weighted by molar-refractivity contribution is -0.140. The number of likely N-dealkylation sites (N-methyl/N-ethyl adjacent to an activating group) is 1. The van der Waals surface area contributed by atoms with Gasteiger partial charge in [0.1, 0.15) is 11.0 Å². The molecule has 0 aliphatic carbocycles. The molecule has 20 heavy (non-hydrogen) atoms. The molecule has 1 unspecified atom stereocenters. The number of nitrogens with one attached hydrogen (secondary N) is 1. The first-order chi connectivity index (χ1) is 9.31. The fourth-order valence-electron chi connectivity index (χ4n) is 1.62. The Labute approximate surface area is 122 Å². The zero-order valence-corrected chi connectivity index (χ0v) is 13.0. The van der Waals surface area contributed by atoms with E-state index in [9.17, 15) is 9.59 Å². The Bertz CT molecular complexity index is 471. The largest absolute Gasteiger partial charge is 0.480 e. The topological polar surface area (TPSA) is 82.5 Å². The summed E-state index contributed by atoms with van der Waals surface area (Å²) in [5.41, 5.74) is 0.767. The molecule has 1 rings (SSSR count). The minimum Gasteiger partial charge on any atom is -0.480 e. The van der Waals surface area contributed by atoms with Crippen molar-refractivity contribution in [1.29, 1.82) is 0 Å². The molecule has 0 saturated carbocycles. The van der Waals surface area contributed by atoms with E-state index in [1.165, 1.54) is 16.2 Å². The molecule has 0 aromatic carbocycles. The van der Waals surface area contributed by atoms with Gasteiger partial charge in [-0.05, 0) is 5.92 Å². The Morgan fingerprint density at radius 3 is 2.60 bits per heavy atom. The number of thiazole rings is 1. The fraction of sp³-hybridized carbons (Fsp3) is 0.615. The third kappa shape index (κ3) is 4.90. The Hall–Kier alpha value is -1.47. The Balaban J connectivity index is 2.56. The van der Waals surface area contributed by atoms with E-state index in [0.717, 1.165) is 10.7 Å². The molecule has 1 aromatic heterocycles. The molecular formula is C13H21N3O3S. The molecule has 0 fully saturated rings. The van der Waals surface area contributed by atoms with E-state index in [1.54, 1.807) is 14.1 Å². The predicted molar refractivity (Wildman–Crippen MR) is 77.6 cm³/mol. The van der Waals surface area contributed by atoms with Gasteiger partial charge in [-0.3, -0.25) is 14.9 Å². The van der Waals surface area contributed by atoms with Crippen LogP contribution in [0.3, 0.4) is 0 Å². The van der Waals surface area contributed by atoms with Crippen LogP contribution in [0.4, 0.5) is 0 Å². The van der Waals surface area contributed by atoms with Crippen LogP contribution in [0, 0.1) is 5.92 Å². The van der Waals surface area contributed by atoms with E-state index >= 15 is 0 Å². The summed E-state index contributed by atoms with van der Waals surface area (Å²) in [6.45, 7) is 4.10. The van der Waals surface area contributed by atoms with E-state index in [0.29, 0.717) is 6.54 Å². The van der Waals surface area contributed by atoms with Crippen LogP contribution < -0.4 is 5.32 Å². The Kier molecular flexibility index (Phi) is 6.09. The van der Waals surface area contributed by atoms with Gasteiger partial charge in [-0.2, -0.15) is 0 Å². The van der Waals surface area contributed by atoms with E-state index in [-0.39, 0.29) is 18.2 Å². The number of hydrogen-bond donors (Lipinski definition) is 2. The quantitative estimate of drug-likeness (QED) is 0.784. The van der Waals surface area contributed by atoms with Crippen molar-refractivity contribution in [2.75, 3.05) is 14.1 Å². The monoisotopic (exact) mass is 299 g/mol. The van der Waals surface area contributed by atoms with Gasteiger partial charge < -0.3 is 10.0 Å². The molecular weight excluding hydrogens is 278 g/mol. The van der Waals surface area contributed by atoms with E-state index in [2.05, 4.69) is 10.3 Å². The minimum absolute atomic E-state index is 0.000856. The lowest BCUT2D eigenvalue weighted by Gasteiger charge is -2.16. The van der Waals surface area contributed by atoms with Gasteiger partial charge >= 0.3 is 5.97 Å². The number of carboxylic acids is 1. The number of carboxylic acid groups (broad SMARTS) is 1. The van der Waals surface area contributed by atoms with E-state index in [1.807, 2.05) is 19.2 Å². The van der Waals surface area contributed by atoms with Crippen molar-refractivity contribution in [3.8, 4) is 0 Å². The summed E-state index contributed by atoms with van der Waals surface area (Å²) >= 11 is 1.42.